The summed E-state index contributed by atoms with van der Waals surface area (Å²) in [6, 6.07) is 21.2. The van der Waals surface area contributed by atoms with Crippen LogP contribution in [0.4, 0.5) is 0 Å². The van der Waals surface area contributed by atoms with E-state index in [1.165, 1.54) is 76.2 Å². The summed E-state index contributed by atoms with van der Waals surface area (Å²) in [6.45, 7) is 8.53. The smallest absolute Gasteiger partial charge is 0.350 e. The van der Waals surface area contributed by atoms with Crippen molar-refractivity contribution in [2.24, 2.45) is 16.7 Å². The van der Waals surface area contributed by atoms with Gasteiger partial charge in [-0.05, 0) is 60.9 Å². The van der Waals surface area contributed by atoms with E-state index in [1.807, 2.05) is 6.07 Å². The number of rotatable bonds is 12. The van der Waals surface area contributed by atoms with Gasteiger partial charge in [-0.25, -0.2) is 14.4 Å². The fraction of sp³-hybridized carbons (Fsp3) is 0.431. The molecule has 3 N–H and O–H groups in total. The maximum absolute atomic E-state index is 15.7. The van der Waals surface area contributed by atoms with Gasteiger partial charge >= 0.3 is 29.8 Å². The van der Waals surface area contributed by atoms with Gasteiger partial charge in [0, 0.05) is 39.0 Å². The molecular formula is C51H52N2O16. The van der Waals surface area contributed by atoms with Gasteiger partial charge < -0.3 is 44.0 Å². The fourth-order valence-electron chi connectivity index (χ4n) is 10.6. The van der Waals surface area contributed by atoms with Gasteiger partial charge in [0.25, 0.3) is 5.91 Å². The summed E-state index contributed by atoms with van der Waals surface area (Å²) >= 11 is 0. The Bertz CT molecular complexity index is 2680. The molecule has 1 saturated heterocycles. The molecule has 1 heterocycles. The van der Waals surface area contributed by atoms with Crippen LogP contribution in [0.3, 0.4) is 0 Å². The maximum atomic E-state index is 15.7. The van der Waals surface area contributed by atoms with Crippen LogP contribution in [-0.4, -0.2) is 112 Å². The van der Waals surface area contributed by atoms with Gasteiger partial charge in [-0.3, -0.25) is 24.0 Å². The molecule has 7 rings (SSSR count). The first-order chi connectivity index (χ1) is 32.5. The number of nitrogens with zero attached hydrogens (tertiary/aromatic N) is 1. The molecule has 3 aliphatic carbocycles. The normalized spacial score (nSPS) is 29.5. The molecule has 18 nitrogen and oxygen atoms in total. The van der Waals surface area contributed by atoms with Crippen molar-refractivity contribution in [2.75, 3.05) is 6.61 Å². The second kappa shape index (κ2) is 18.8. The number of ketones is 2. The summed E-state index contributed by atoms with van der Waals surface area (Å²) in [4.78, 5) is 111. The predicted molar refractivity (Wildman–Crippen MR) is 237 cm³/mol. The molecule has 2 bridgehead atoms. The van der Waals surface area contributed by atoms with Gasteiger partial charge in [-0.2, -0.15) is 5.26 Å². The van der Waals surface area contributed by atoms with Gasteiger partial charge in [0.2, 0.25) is 11.9 Å². The zero-order chi connectivity index (χ0) is 50.4. The molecule has 0 radical (unpaired) electrons. The number of aliphatic hydroxyl groups is 2. The standard InChI is InChI=1S/C51H52N2O16/c1-26-34(66-47(62)40(67-45(60)32-18-12-9-13-19-32)38(53-44(59)27(2)54)31-16-10-8-11-17-31)23-51(63)43(68-46(61)33-20-14-15-30(21-33)24-52)41-49(7,35(57)22-36-50(41,25-64-36)69-29(4)56)42(58)39(65-28(3)55)37(26)48(51,5)6/h8-21,34-36,38-41,43,57,63H,22-23,25H2,1-7H3,(H,53,59)/t34-,35-,36+,38-,39+,40+,41-,43-,49+,50-,51+/m0/s1. The number of Topliss-reactive ketones (excluding diaryl/α,β-unsaturated/α-hetero) is 2. The van der Waals surface area contributed by atoms with E-state index in [4.69, 9.17) is 28.4 Å². The first-order valence-corrected chi connectivity index (χ1v) is 22.2. The van der Waals surface area contributed by atoms with Crippen molar-refractivity contribution in [3.8, 4) is 6.07 Å². The molecule has 2 saturated carbocycles. The Balaban J connectivity index is 1.45. The molecule has 362 valence electrons. The average Bonchev–Trinajstić information content (AvgIpc) is 3.31. The van der Waals surface area contributed by atoms with Crippen molar-refractivity contribution in [1.82, 2.24) is 5.32 Å². The highest BCUT2D eigenvalue weighted by Crippen LogP contribution is 2.64. The lowest BCUT2D eigenvalue weighted by Crippen LogP contribution is -2.82. The topological polar surface area (TPSA) is 268 Å². The summed E-state index contributed by atoms with van der Waals surface area (Å²) in [6.07, 6.45) is -11.4. The fourth-order valence-corrected chi connectivity index (χ4v) is 10.6. The van der Waals surface area contributed by atoms with E-state index in [2.05, 4.69) is 5.32 Å². The molecule has 3 fully saturated rings. The summed E-state index contributed by atoms with van der Waals surface area (Å²) in [5, 5.41) is 38.2. The van der Waals surface area contributed by atoms with Crippen LogP contribution >= 0.6 is 0 Å². The molecule has 69 heavy (non-hydrogen) atoms. The maximum Gasteiger partial charge on any atom is 0.350 e. The highest BCUT2D eigenvalue weighted by atomic mass is 16.6. The van der Waals surface area contributed by atoms with E-state index < -0.39 is 131 Å². The number of aliphatic hydroxyl groups excluding tert-OH is 1. The minimum Gasteiger partial charge on any atom is -0.455 e. The molecular weight excluding hydrogens is 897 g/mol. The lowest BCUT2D eigenvalue weighted by atomic mass is 9.44. The first-order valence-electron chi connectivity index (χ1n) is 22.2. The Morgan fingerprint density at radius 3 is 2.06 bits per heavy atom. The Morgan fingerprint density at radius 1 is 0.841 bits per heavy atom. The zero-order valence-corrected chi connectivity index (χ0v) is 38.9. The molecule has 0 aromatic heterocycles. The third-order valence-corrected chi connectivity index (χ3v) is 14.2. The van der Waals surface area contributed by atoms with Crippen molar-refractivity contribution in [2.45, 2.75) is 115 Å². The number of nitriles is 1. The largest absolute Gasteiger partial charge is 0.455 e. The molecule has 4 aliphatic rings. The number of esters is 5. The number of hydrogen-bond donors (Lipinski definition) is 3. The lowest BCUT2D eigenvalue weighted by molar-refractivity contribution is -0.346. The molecule has 11 atom stereocenters. The van der Waals surface area contributed by atoms with Gasteiger partial charge in [0.1, 0.15) is 30.0 Å². The molecule has 1 amide bonds. The Labute approximate surface area is 396 Å². The summed E-state index contributed by atoms with van der Waals surface area (Å²) in [5.74, 6) is -9.98. The number of amides is 1. The average molecular weight is 949 g/mol. The van der Waals surface area contributed by atoms with Crippen LogP contribution in [0.5, 0.6) is 0 Å². The first kappa shape index (κ1) is 49.8. The molecule has 3 aromatic carbocycles. The second-order valence-electron chi connectivity index (χ2n) is 18.6. The minimum atomic E-state index is -2.55. The van der Waals surface area contributed by atoms with E-state index in [0.29, 0.717) is 0 Å². The number of ether oxygens (including phenoxy) is 6. The van der Waals surface area contributed by atoms with E-state index in [1.54, 1.807) is 36.4 Å². The van der Waals surface area contributed by atoms with Crippen LogP contribution in [-0.2, 0) is 57.2 Å². The van der Waals surface area contributed by atoms with Crippen LogP contribution in [0, 0.1) is 28.1 Å². The Kier molecular flexibility index (Phi) is 13.6. The van der Waals surface area contributed by atoms with E-state index in [0.717, 1.165) is 20.8 Å². The van der Waals surface area contributed by atoms with Crippen molar-refractivity contribution >= 4 is 47.3 Å². The number of carbonyl (C=O) groups is 8. The van der Waals surface area contributed by atoms with Crippen LogP contribution in [0.15, 0.2) is 96.1 Å². The van der Waals surface area contributed by atoms with Crippen molar-refractivity contribution in [1.29, 1.82) is 5.26 Å². The molecule has 0 spiro atoms. The number of carbonyl (C=O) groups excluding carboxylic acids is 8. The van der Waals surface area contributed by atoms with Crippen molar-refractivity contribution in [3.63, 3.8) is 0 Å². The molecule has 18 heteroatoms. The Hall–Kier alpha value is -7.07. The summed E-state index contributed by atoms with van der Waals surface area (Å²) < 4.78 is 36.4. The third kappa shape index (κ3) is 8.70. The zero-order valence-electron chi connectivity index (χ0n) is 38.9. The molecule has 0 unspecified atom stereocenters. The van der Waals surface area contributed by atoms with E-state index in [-0.39, 0.29) is 39.8 Å². The van der Waals surface area contributed by atoms with Gasteiger partial charge in [0.05, 0.1) is 46.8 Å². The van der Waals surface area contributed by atoms with Crippen LogP contribution in [0.2, 0.25) is 0 Å². The number of fused-ring (bicyclic) bond motifs is 5. The SMILES string of the molecule is CC(=O)O[C@H]1C(=O)[C@@]2(C)[C@H]([C@H](OC(=O)c3cccc(C#N)c3)[C@]3(O)C[C@H](OC(=O)[C@H](OC(=O)c4ccccc4)[C@@H](NC(=O)C(C)=O)c4ccccc4)C(C)=C1C3(C)C)[C@]1(OC(C)=O)CO[C@@H]1C[C@@H]2O. The predicted octanol–water partition coefficient (Wildman–Crippen LogP) is 3.75. The molecule has 3 aromatic rings. The molecule has 1 aliphatic heterocycles. The monoisotopic (exact) mass is 948 g/mol. The van der Waals surface area contributed by atoms with Gasteiger partial charge in [-0.1, -0.05) is 68.4 Å². The van der Waals surface area contributed by atoms with E-state index in [9.17, 15) is 44.2 Å². The van der Waals surface area contributed by atoms with Gasteiger partial charge in [-0.15, -0.1) is 0 Å². The quantitative estimate of drug-likeness (QED) is 0.101. The summed E-state index contributed by atoms with van der Waals surface area (Å²) in [5.41, 5.74) is -8.33. The van der Waals surface area contributed by atoms with Crippen molar-refractivity contribution < 1.29 is 77.0 Å². The highest BCUT2D eigenvalue weighted by molar-refractivity contribution is 6.35. The number of benzene rings is 3. The van der Waals surface area contributed by atoms with Gasteiger partial charge in [0.15, 0.2) is 17.5 Å². The number of hydrogen-bond acceptors (Lipinski definition) is 17. The Morgan fingerprint density at radius 2 is 1.48 bits per heavy atom. The van der Waals surface area contributed by atoms with Crippen LogP contribution in [0.1, 0.15) is 99.2 Å². The van der Waals surface area contributed by atoms with Crippen LogP contribution < -0.4 is 5.32 Å². The highest BCUT2D eigenvalue weighted by Gasteiger charge is 2.78. The summed E-state index contributed by atoms with van der Waals surface area (Å²) in [7, 11) is 0. The van der Waals surface area contributed by atoms with Crippen LogP contribution in [0.25, 0.3) is 0 Å². The third-order valence-electron chi connectivity index (χ3n) is 14.2. The van der Waals surface area contributed by atoms with Crippen molar-refractivity contribution in [3.05, 3.63) is 118 Å². The number of nitrogens with one attached hydrogen (secondary N) is 1. The minimum absolute atomic E-state index is 0.000271. The van der Waals surface area contributed by atoms with E-state index >= 15 is 9.59 Å². The second-order valence-corrected chi connectivity index (χ2v) is 18.6. The lowest BCUT2D eigenvalue weighted by Gasteiger charge is -2.67.